The van der Waals surface area contributed by atoms with E-state index in [2.05, 4.69) is 61.2 Å². The summed E-state index contributed by atoms with van der Waals surface area (Å²) in [5, 5.41) is 0. The lowest BCUT2D eigenvalue weighted by Gasteiger charge is -2.20. The Morgan fingerprint density at radius 3 is 2.50 bits per heavy atom. The van der Waals surface area contributed by atoms with Crippen molar-refractivity contribution in [1.29, 1.82) is 0 Å². The van der Waals surface area contributed by atoms with Gasteiger partial charge in [0.25, 0.3) is 0 Å². The molecule has 0 aliphatic carbocycles. The summed E-state index contributed by atoms with van der Waals surface area (Å²) in [6.07, 6.45) is 1.15. The van der Waals surface area contributed by atoms with Crippen LogP contribution in [0.2, 0.25) is 0 Å². The lowest BCUT2D eigenvalue weighted by atomic mass is 9.95. The number of benzene rings is 3. The second-order valence-electron chi connectivity index (χ2n) is 6.88. The molecule has 1 aliphatic heterocycles. The van der Waals surface area contributed by atoms with Crippen LogP contribution in [0, 0.1) is 0 Å². The minimum Gasteiger partial charge on any atom is -0.491 e. The average molecular weight is 359 g/mol. The first kappa shape index (κ1) is 17.0. The smallest absolute Gasteiger partial charge is 0.120 e. The summed E-state index contributed by atoms with van der Waals surface area (Å²) < 4.78 is 5.83. The normalized spacial score (nSPS) is 12.4. The second-order valence-corrected chi connectivity index (χ2v) is 7.97. The summed E-state index contributed by atoms with van der Waals surface area (Å²) >= 11 is 1.86. The maximum atomic E-state index is 5.83. The molecule has 4 rings (SSSR count). The van der Waals surface area contributed by atoms with E-state index < -0.39 is 0 Å². The molecule has 0 fully saturated rings. The molecule has 0 N–H and O–H groups in total. The lowest BCUT2D eigenvalue weighted by molar-refractivity contribution is 0.242. The van der Waals surface area contributed by atoms with Crippen LogP contribution in [0.4, 0.5) is 0 Å². The van der Waals surface area contributed by atoms with Crippen molar-refractivity contribution < 1.29 is 4.74 Å². The molecule has 1 aliphatic rings. The molecule has 3 aromatic carbocycles. The van der Waals surface area contributed by atoms with Gasteiger partial charge in [0.2, 0.25) is 0 Å². The largest absolute Gasteiger partial charge is 0.491 e. The molecule has 3 aromatic rings. The Hall–Kier alpha value is -2.45. The third-order valence-electron chi connectivity index (χ3n) is 4.54. The van der Waals surface area contributed by atoms with Crippen molar-refractivity contribution in [2.24, 2.45) is 0 Å². The molecule has 0 amide bonds. The van der Waals surface area contributed by atoms with Gasteiger partial charge in [0.05, 0.1) is 6.10 Å². The minimum atomic E-state index is 0.166. The molecular formula is C24H22OS. The van der Waals surface area contributed by atoms with E-state index in [0.717, 1.165) is 23.3 Å². The lowest BCUT2D eigenvalue weighted by Crippen LogP contribution is -2.05. The van der Waals surface area contributed by atoms with Crippen molar-refractivity contribution >= 4 is 17.3 Å². The van der Waals surface area contributed by atoms with Crippen molar-refractivity contribution in [2.75, 3.05) is 0 Å². The first-order valence-electron chi connectivity index (χ1n) is 8.95. The van der Waals surface area contributed by atoms with Crippen LogP contribution in [0.3, 0.4) is 0 Å². The molecule has 0 radical (unpaired) electrons. The Kier molecular flexibility index (Phi) is 4.60. The van der Waals surface area contributed by atoms with Gasteiger partial charge in [0.15, 0.2) is 0 Å². The first-order valence-corrected chi connectivity index (χ1v) is 9.77. The zero-order valence-electron chi connectivity index (χ0n) is 15.2. The maximum Gasteiger partial charge on any atom is 0.120 e. The quantitative estimate of drug-likeness (QED) is 0.407. The molecular weight excluding hydrogens is 336 g/mol. The fourth-order valence-electron chi connectivity index (χ4n) is 3.27. The van der Waals surface area contributed by atoms with Crippen LogP contribution < -0.4 is 4.74 Å². The van der Waals surface area contributed by atoms with E-state index in [4.69, 9.17) is 4.74 Å². The van der Waals surface area contributed by atoms with Gasteiger partial charge in [-0.1, -0.05) is 54.7 Å². The Balaban J connectivity index is 1.63. The van der Waals surface area contributed by atoms with Crippen LogP contribution in [0.15, 0.2) is 83.1 Å². The van der Waals surface area contributed by atoms with Crippen molar-refractivity contribution in [2.45, 2.75) is 36.2 Å². The van der Waals surface area contributed by atoms with Gasteiger partial charge in [-0.3, -0.25) is 0 Å². The molecule has 0 unspecified atom stereocenters. The predicted molar refractivity (Wildman–Crippen MR) is 110 cm³/mol. The van der Waals surface area contributed by atoms with E-state index in [0.29, 0.717) is 0 Å². The molecule has 26 heavy (non-hydrogen) atoms. The first-order chi connectivity index (χ1) is 12.6. The molecule has 0 atom stereocenters. The van der Waals surface area contributed by atoms with Crippen LogP contribution in [0.25, 0.3) is 5.57 Å². The molecule has 0 saturated heterocycles. The summed E-state index contributed by atoms with van der Waals surface area (Å²) in [6, 6.07) is 23.5. The highest BCUT2D eigenvalue weighted by Crippen LogP contribution is 2.40. The minimum absolute atomic E-state index is 0.166. The van der Waals surface area contributed by atoms with Gasteiger partial charge in [-0.2, -0.15) is 0 Å². The van der Waals surface area contributed by atoms with Crippen molar-refractivity contribution in [3.8, 4) is 5.75 Å². The van der Waals surface area contributed by atoms with E-state index in [1.807, 2.05) is 37.7 Å². The van der Waals surface area contributed by atoms with Gasteiger partial charge in [-0.25, -0.2) is 0 Å². The van der Waals surface area contributed by atoms with Gasteiger partial charge >= 0.3 is 0 Å². The van der Waals surface area contributed by atoms with Crippen LogP contribution in [0.1, 0.15) is 36.1 Å². The fraction of sp³-hybridized carbons (Fsp3) is 0.167. The summed E-state index contributed by atoms with van der Waals surface area (Å²) in [5.41, 5.74) is 6.09. The van der Waals surface area contributed by atoms with Gasteiger partial charge in [-0.15, -0.1) is 0 Å². The van der Waals surface area contributed by atoms with Crippen LogP contribution in [-0.4, -0.2) is 6.10 Å². The molecule has 1 nitrogen and oxygen atoms in total. The van der Waals surface area contributed by atoms with E-state index in [-0.39, 0.29) is 6.10 Å². The van der Waals surface area contributed by atoms with E-state index in [1.54, 1.807) is 0 Å². The van der Waals surface area contributed by atoms with Crippen molar-refractivity contribution in [3.63, 3.8) is 0 Å². The Morgan fingerprint density at radius 2 is 1.65 bits per heavy atom. The molecule has 0 bridgehead atoms. The zero-order chi connectivity index (χ0) is 18.1. The van der Waals surface area contributed by atoms with Gasteiger partial charge < -0.3 is 4.74 Å². The summed E-state index contributed by atoms with van der Waals surface area (Å²) in [7, 11) is 0. The monoisotopic (exact) mass is 358 g/mol. The number of hydrogen-bond acceptors (Lipinski definition) is 2. The standard InChI is InChI=1S/C24H22OS/c1-16(2)25-22-9-6-8-18(15-22)17(3)19-11-12-24-21(13-19)14-20-7-4-5-10-23(20)26-24/h4-13,15-16H,3,14H2,1-2H3. The summed E-state index contributed by atoms with van der Waals surface area (Å²) in [4.78, 5) is 2.71. The zero-order valence-corrected chi connectivity index (χ0v) is 16.0. The maximum absolute atomic E-state index is 5.83. The van der Waals surface area contributed by atoms with Crippen LogP contribution in [0.5, 0.6) is 5.75 Å². The summed E-state index contributed by atoms with van der Waals surface area (Å²) in [5.74, 6) is 0.890. The van der Waals surface area contributed by atoms with Crippen LogP contribution in [-0.2, 0) is 6.42 Å². The SMILES string of the molecule is C=C(c1cccc(OC(C)C)c1)c1ccc2c(c1)Cc1ccccc1S2. The van der Waals surface area contributed by atoms with E-state index in [1.165, 1.54) is 26.5 Å². The highest BCUT2D eigenvalue weighted by molar-refractivity contribution is 7.99. The number of ether oxygens (including phenoxy) is 1. The molecule has 130 valence electrons. The Labute approximate surface area is 159 Å². The van der Waals surface area contributed by atoms with Crippen molar-refractivity contribution in [3.05, 3.63) is 95.6 Å². The topological polar surface area (TPSA) is 9.23 Å². The van der Waals surface area contributed by atoms with Crippen LogP contribution >= 0.6 is 11.8 Å². The number of rotatable bonds is 4. The Bertz CT molecular complexity index is 971. The second kappa shape index (κ2) is 7.05. The highest BCUT2D eigenvalue weighted by Gasteiger charge is 2.16. The van der Waals surface area contributed by atoms with E-state index >= 15 is 0 Å². The highest BCUT2D eigenvalue weighted by atomic mass is 32.2. The summed E-state index contributed by atoms with van der Waals surface area (Å²) in [6.45, 7) is 8.43. The third kappa shape index (κ3) is 3.42. The molecule has 0 aromatic heterocycles. The fourth-order valence-corrected chi connectivity index (χ4v) is 4.33. The molecule has 0 saturated carbocycles. The number of fused-ring (bicyclic) bond motifs is 2. The van der Waals surface area contributed by atoms with Crippen molar-refractivity contribution in [1.82, 2.24) is 0 Å². The predicted octanol–water partition coefficient (Wildman–Crippen LogP) is 6.59. The van der Waals surface area contributed by atoms with Gasteiger partial charge in [-0.05, 0) is 78.4 Å². The number of hydrogen-bond donors (Lipinski definition) is 0. The molecule has 2 heteroatoms. The van der Waals surface area contributed by atoms with E-state index in [9.17, 15) is 0 Å². The average Bonchev–Trinajstić information content (AvgIpc) is 2.65. The Morgan fingerprint density at radius 1 is 0.885 bits per heavy atom. The molecule has 1 heterocycles. The van der Waals surface area contributed by atoms with Gasteiger partial charge in [0, 0.05) is 9.79 Å². The molecule has 0 spiro atoms. The van der Waals surface area contributed by atoms with Gasteiger partial charge in [0.1, 0.15) is 5.75 Å². The third-order valence-corrected chi connectivity index (χ3v) is 5.77.